The van der Waals surface area contributed by atoms with Crippen LogP contribution in [-0.4, -0.2) is 19.3 Å². The van der Waals surface area contributed by atoms with Crippen LogP contribution in [0.5, 0.6) is 0 Å². The molecule has 3 unspecified atom stereocenters. The average Bonchev–Trinajstić information content (AvgIpc) is 2.42. The van der Waals surface area contributed by atoms with E-state index in [-0.39, 0.29) is 17.5 Å². The van der Waals surface area contributed by atoms with Gasteiger partial charge in [0.25, 0.3) is 0 Å². The van der Waals surface area contributed by atoms with Crippen molar-refractivity contribution in [1.29, 1.82) is 0 Å². The number of nitrogens with one attached hydrogen (secondary N) is 1. The highest BCUT2D eigenvalue weighted by Gasteiger charge is 2.43. The minimum absolute atomic E-state index is 0.0913. The number of hydrogen-bond donors (Lipinski definition) is 1. The number of ether oxygens (including phenoxy) is 1. The van der Waals surface area contributed by atoms with E-state index in [1.54, 1.807) is 6.07 Å². The van der Waals surface area contributed by atoms with E-state index in [9.17, 15) is 4.39 Å². The Hall–Kier alpha value is -0.930. The number of hydrogen-bond acceptors (Lipinski definition) is 2. The minimum Gasteiger partial charge on any atom is -0.373 e. The molecule has 0 aliphatic heterocycles. The lowest BCUT2D eigenvalue weighted by Crippen LogP contribution is -2.48. The maximum absolute atomic E-state index is 14.2. The van der Waals surface area contributed by atoms with E-state index in [4.69, 9.17) is 4.74 Å². The van der Waals surface area contributed by atoms with Gasteiger partial charge in [-0.3, -0.25) is 0 Å². The summed E-state index contributed by atoms with van der Waals surface area (Å²) >= 11 is 0. The van der Waals surface area contributed by atoms with Gasteiger partial charge in [0.2, 0.25) is 0 Å². The Labute approximate surface area is 121 Å². The molecule has 1 N–H and O–H groups in total. The zero-order chi connectivity index (χ0) is 14.6. The maximum Gasteiger partial charge on any atom is 0.128 e. The van der Waals surface area contributed by atoms with Crippen molar-refractivity contribution in [2.45, 2.75) is 51.2 Å². The number of halogens is 1. The zero-order valence-corrected chi connectivity index (χ0v) is 12.8. The molecule has 0 bridgehead atoms. The molecule has 1 aliphatic rings. The summed E-state index contributed by atoms with van der Waals surface area (Å²) in [4.78, 5) is 0. The van der Waals surface area contributed by atoms with Gasteiger partial charge in [0.1, 0.15) is 5.82 Å². The van der Waals surface area contributed by atoms with Crippen molar-refractivity contribution in [3.63, 3.8) is 0 Å². The van der Waals surface area contributed by atoms with Gasteiger partial charge in [0, 0.05) is 12.2 Å². The Bertz CT molecular complexity index is 433. The minimum atomic E-state index is -0.288. The first-order valence-corrected chi connectivity index (χ1v) is 7.68. The van der Waals surface area contributed by atoms with Crippen LogP contribution in [0.2, 0.25) is 0 Å². The molecule has 1 aromatic carbocycles. The quantitative estimate of drug-likeness (QED) is 0.877. The molecule has 0 saturated heterocycles. The van der Waals surface area contributed by atoms with Crippen LogP contribution in [0.1, 0.15) is 51.1 Å². The summed E-state index contributed by atoms with van der Waals surface area (Å²) < 4.78 is 20.4. The van der Waals surface area contributed by atoms with E-state index >= 15 is 0 Å². The third-order valence-electron chi connectivity index (χ3n) is 4.45. The van der Waals surface area contributed by atoms with Crippen LogP contribution in [0.15, 0.2) is 24.3 Å². The van der Waals surface area contributed by atoms with Crippen molar-refractivity contribution in [3.05, 3.63) is 35.6 Å². The van der Waals surface area contributed by atoms with Gasteiger partial charge in [-0.15, -0.1) is 0 Å². The molecule has 0 radical (unpaired) electrons. The zero-order valence-electron chi connectivity index (χ0n) is 12.8. The van der Waals surface area contributed by atoms with E-state index in [2.05, 4.69) is 12.2 Å². The van der Waals surface area contributed by atoms with Crippen molar-refractivity contribution in [1.82, 2.24) is 5.32 Å². The molecule has 3 heteroatoms. The monoisotopic (exact) mass is 279 g/mol. The second-order valence-electron chi connectivity index (χ2n) is 5.94. The second kappa shape index (κ2) is 6.68. The molecule has 20 heavy (non-hydrogen) atoms. The Morgan fingerprint density at radius 2 is 2.20 bits per heavy atom. The van der Waals surface area contributed by atoms with E-state index in [0.29, 0.717) is 12.5 Å². The molecule has 1 fully saturated rings. The van der Waals surface area contributed by atoms with E-state index in [1.165, 1.54) is 12.5 Å². The van der Waals surface area contributed by atoms with Crippen molar-refractivity contribution < 1.29 is 9.13 Å². The van der Waals surface area contributed by atoms with Crippen molar-refractivity contribution >= 4 is 0 Å². The van der Waals surface area contributed by atoms with Crippen LogP contribution < -0.4 is 5.32 Å². The van der Waals surface area contributed by atoms with Crippen molar-refractivity contribution in [2.75, 3.05) is 13.7 Å². The fraction of sp³-hybridized carbons (Fsp3) is 0.647. The lowest BCUT2D eigenvalue weighted by Gasteiger charge is -2.45. The Kier molecular flexibility index (Phi) is 5.17. The lowest BCUT2D eigenvalue weighted by atomic mass is 9.72. The average molecular weight is 279 g/mol. The predicted molar refractivity (Wildman–Crippen MR) is 80.2 cm³/mol. The molecule has 0 heterocycles. The van der Waals surface area contributed by atoms with E-state index < -0.39 is 0 Å². The fourth-order valence-electron chi connectivity index (χ4n) is 3.72. The molecule has 1 saturated carbocycles. The molecule has 2 nitrogen and oxygen atoms in total. The summed E-state index contributed by atoms with van der Waals surface area (Å²) in [7, 11) is 1.90. The molecule has 0 aromatic heterocycles. The van der Waals surface area contributed by atoms with Gasteiger partial charge in [-0.25, -0.2) is 4.39 Å². The highest BCUT2D eigenvalue weighted by Crippen LogP contribution is 2.44. The molecule has 1 aromatic rings. The molecule has 3 atom stereocenters. The van der Waals surface area contributed by atoms with Crippen LogP contribution in [0, 0.1) is 11.7 Å². The SMILES string of the molecule is CCOC1(C(NC)c2ccccc2F)CCCC(C)C1. The molecule has 2 rings (SSSR count). The van der Waals surface area contributed by atoms with Gasteiger partial charge in [-0.1, -0.05) is 38.0 Å². The second-order valence-corrected chi connectivity index (χ2v) is 5.94. The summed E-state index contributed by atoms with van der Waals surface area (Å²) in [5.74, 6) is 0.474. The standard InChI is InChI=1S/C17H26FNO/c1-4-20-17(11-7-8-13(2)12-17)16(19-3)14-9-5-6-10-15(14)18/h5-6,9-10,13,16,19H,4,7-8,11-12H2,1-3H3. The summed E-state index contributed by atoms with van der Waals surface area (Å²) in [5.41, 5.74) is 0.432. The molecular weight excluding hydrogens is 253 g/mol. The first-order valence-electron chi connectivity index (χ1n) is 7.68. The number of benzene rings is 1. The molecule has 0 amide bonds. The van der Waals surface area contributed by atoms with Crippen LogP contribution in [0.25, 0.3) is 0 Å². The summed E-state index contributed by atoms with van der Waals surface area (Å²) in [5, 5.41) is 3.31. The Morgan fingerprint density at radius 3 is 2.80 bits per heavy atom. The third-order valence-corrected chi connectivity index (χ3v) is 4.45. The normalized spacial score (nSPS) is 28.3. The molecule has 0 spiro atoms. The summed E-state index contributed by atoms with van der Waals surface area (Å²) in [6.45, 7) is 4.95. The van der Waals surface area contributed by atoms with Crippen LogP contribution >= 0.6 is 0 Å². The first-order chi connectivity index (χ1) is 9.63. The molecule has 112 valence electrons. The van der Waals surface area contributed by atoms with Gasteiger partial charge in [-0.05, 0) is 38.8 Å². The maximum atomic E-state index is 14.2. The Morgan fingerprint density at radius 1 is 1.45 bits per heavy atom. The van der Waals surface area contributed by atoms with Crippen LogP contribution in [-0.2, 0) is 4.74 Å². The third kappa shape index (κ3) is 3.04. The van der Waals surface area contributed by atoms with E-state index in [0.717, 1.165) is 24.8 Å². The molecular formula is C17H26FNO. The van der Waals surface area contributed by atoms with Gasteiger partial charge < -0.3 is 10.1 Å². The predicted octanol–water partition coefficient (Wildman–Crippen LogP) is 4.07. The highest BCUT2D eigenvalue weighted by atomic mass is 19.1. The smallest absolute Gasteiger partial charge is 0.128 e. The highest BCUT2D eigenvalue weighted by molar-refractivity contribution is 5.25. The van der Waals surface area contributed by atoms with E-state index in [1.807, 2.05) is 26.1 Å². The van der Waals surface area contributed by atoms with Gasteiger partial charge in [0.05, 0.1) is 11.6 Å². The van der Waals surface area contributed by atoms with Gasteiger partial charge in [-0.2, -0.15) is 0 Å². The molecule has 1 aliphatic carbocycles. The fourth-order valence-corrected chi connectivity index (χ4v) is 3.72. The summed E-state index contributed by atoms with van der Waals surface area (Å²) in [6, 6.07) is 6.95. The first kappa shape index (κ1) is 15.5. The topological polar surface area (TPSA) is 21.3 Å². The largest absolute Gasteiger partial charge is 0.373 e. The van der Waals surface area contributed by atoms with Crippen molar-refractivity contribution in [3.8, 4) is 0 Å². The number of likely N-dealkylation sites (N-methyl/N-ethyl adjacent to an activating group) is 1. The Balaban J connectivity index is 2.37. The lowest BCUT2D eigenvalue weighted by molar-refractivity contribution is -0.101. The van der Waals surface area contributed by atoms with Crippen LogP contribution in [0.3, 0.4) is 0 Å². The van der Waals surface area contributed by atoms with Crippen LogP contribution in [0.4, 0.5) is 4.39 Å². The van der Waals surface area contributed by atoms with Gasteiger partial charge in [0.15, 0.2) is 0 Å². The summed E-state index contributed by atoms with van der Waals surface area (Å²) in [6.07, 6.45) is 4.36. The number of rotatable bonds is 5. The van der Waals surface area contributed by atoms with Crippen molar-refractivity contribution in [2.24, 2.45) is 5.92 Å². The van der Waals surface area contributed by atoms with Gasteiger partial charge >= 0.3 is 0 Å².